The van der Waals surface area contributed by atoms with Gasteiger partial charge in [-0.25, -0.2) is 0 Å². The molecule has 0 heterocycles. The van der Waals surface area contributed by atoms with Gasteiger partial charge in [-0.3, -0.25) is 0 Å². The van der Waals surface area contributed by atoms with Crippen LogP contribution in [0.3, 0.4) is 0 Å². The van der Waals surface area contributed by atoms with Crippen molar-refractivity contribution >= 4 is 5.57 Å². The van der Waals surface area contributed by atoms with E-state index in [1.54, 1.807) is 0 Å². The van der Waals surface area contributed by atoms with Crippen LogP contribution >= 0.6 is 0 Å². The molecule has 0 spiro atoms. The van der Waals surface area contributed by atoms with Crippen LogP contribution in [0.1, 0.15) is 44.0 Å². The van der Waals surface area contributed by atoms with E-state index in [1.165, 1.54) is 33.4 Å². The van der Waals surface area contributed by atoms with Crippen molar-refractivity contribution in [3.63, 3.8) is 0 Å². The zero-order valence-electron chi connectivity index (χ0n) is 15.0. The highest BCUT2D eigenvalue weighted by Gasteiger charge is 2.45. The van der Waals surface area contributed by atoms with Crippen LogP contribution < -0.4 is 0 Å². The van der Waals surface area contributed by atoms with E-state index in [1.807, 2.05) is 6.08 Å². The molecular weight excluding hydrogens is 336 g/mol. The molecule has 3 aromatic rings. The molecule has 142 valence electrons. The van der Waals surface area contributed by atoms with Crippen LogP contribution in [0.15, 0.2) is 115 Å². The molecule has 0 radical (unpaired) electrons. The molecule has 0 aliphatic heterocycles. The van der Waals surface area contributed by atoms with Gasteiger partial charge in [0.15, 0.2) is 0 Å². The minimum atomic E-state index is -0.324. The Morgan fingerprint density at radius 2 is 1.21 bits per heavy atom. The van der Waals surface area contributed by atoms with Gasteiger partial charge in [0, 0.05) is 0 Å². The summed E-state index contributed by atoms with van der Waals surface area (Å²) in [5.74, 6) is 0. The highest BCUT2D eigenvalue weighted by molar-refractivity contribution is 5.91. The highest BCUT2D eigenvalue weighted by atomic mass is 14.5. The van der Waals surface area contributed by atoms with Crippen LogP contribution in [0, 0.1) is 0 Å². The standard InChI is InChI=1S/C26H22.2CH4/c1-3-13-24-22(4-2)23-18-11-12-19-25(23)26(24,20-14-7-5-8-15-20)21-16-9-6-10-17-21;;/h3-19H,2H2,1H3;2*1H4/b13-3-;;. The van der Waals surface area contributed by atoms with Gasteiger partial charge in [-0.1, -0.05) is 125 Å². The number of allylic oxidation sites excluding steroid dienone is 5. The first-order valence-electron chi connectivity index (χ1n) is 9.04. The monoisotopic (exact) mass is 366 g/mol. The molecule has 28 heavy (non-hydrogen) atoms. The minimum absolute atomic E-state index is 0. The summed E-state index contributed by atoms with van der Waals surface area (Å²) in [6.45, 7) is 6.22. The molecule has 0 fully saturated rings. The van der Waals surface area contributed by atoms with Crippen LogP contribution in [-0.4, -0.2) is 0 Å². The predicted octanol–water partition coefficient (Wildman–Crippen LogP) is 7.82. The number of fused-ring (bicyclic) bond motifs is 1. The molecule has 0 amide bonds. The Morgan fingerprint density at radius 1 is 0.714 bits per heavy atom. The molecule has 0 saturated heterocycles. The maximum atomic E-state index is 4.14. The number of hydrogen-bond acceptors (Lipinski definition) is 0. The Hall–Kier alpha value is -3.12. The van der Waals surface area contributed by atoms with Crippen LogP contribution in [0.5, 0.6) is 0 Å². The summed E-state index contributed by atoms with van der Waals surface area (Å²) in [7, 11) is 0. The number of benzene rings is 3. The van der Waals surface area contributed by atoms with Gasteiger partial charge in [-0.2, -0.15) is 0 Å². The fraction of sp³-hybridized carbons (Fsp3) is 0.143. The predicted molar refractivity (Wildman–Crippen MR) is 125 cm³/mol. The summed E-state index contributed by atoms with van der Waals surface area (Å²) in [4.78, 5) is 0. The van der Waals surface area contributed by atoms with E-state index in [9.17, 15) is 0 Å². The van der Waals surface area contributed by atoms with E-state index in [0.29, 0.717) is 0 Å². The second kappa shape index (κ2) is 8.71. The quantitative estimate of drug-likeness (QED) is 0.441. The lowest BCUT2D eigenvalue weighted by Gasteiger charge is -2.34. The summed E-state index contributed by atoms with van der Waals surface area (Å²) < 4.78 is 0. The molecule has 1 aliphatic rings. The van der Waals surface area contributed by atoms with Crippen molar-refractivity contribution in [2.75, 3.05) is 0 Å². The number of rotatable bonds is 4. The van der Waals surface area contributed by atoms with Crippen molar-refractivity contribution in [3.8, 4) is 0 Å². The molecule has 0 saturated carbocycles. The third kappa shape index (κ3) is 2.96. The second-order valence-electron chi connectivity index (χ2n) is 6.56. The topological polar surface area (TPSA) is 0 Å². The molecule has 3 aromatic carbocycles. The molecule has 1 aliphatic carbocycles. The van der Waals surface area contributed by atoms with E-state index in [4.69, 9.17) is 0 Å². The van der Waals surface area contributed by atoms with Gasteiger partial charge in [0.2, 0.25) is 0 Å². The van der Waals surface area contributed by atoms with Gasteiger partial charge in [0.05, 0.1) is 5.41 Å². The second-order valence-corrected chi connectivity index (χ2v) is 6.56. The van der Waals surface area contributed by atoms with Crippen LogP contribution in [0.25, 0.3) is 5.57 Å². The summed E-state index contributed by atoms with van der Waals surface area (Å²) in [6, 6.07) is 30.3. The fourth-order valence-corrected chi connectivity index (χ4v) is 4.30. The van der Waals surface area contributed by atoms with E-state index in [0.717, 1.165) is 0 Å². The minimum Gasteiger partial charge on any atom is -0.0984 e. The molecule has 4 rings (SSSR count). The Morgan fingerprint density at radius 3 is 1.71 bits per heavy atom. The van der Waals surface area contributed by atoms with Gasteiger partial charge in [-0.15, -0.1) is 0 Å². The average molecular weight is 367 g/mol. The van der Waals surface area contributed by atoms with Crippen molar-refractivity contribution in [1.82, 2.24) is 0 Å². The van der Waals surface area contributed by atoms with Crippen molar-refractivity contribution in [1.29, 1.82) is 0 Å². The third-order valence-corrected chi connectivity index (χ3v) is 5.27. The average Bonchev–Trinajstić information content (AvgIpc) is 3.00. The van der Waals surface area contributed by atoms with Gasteiger partial charge >= 0.3 is 0 Å². The molecule has 0 N–H and O–H groups in total. The van der Waals surface area contributed by atoms with Crippen molar-refractivity contribution in [2.45, 2.75) is 27.2 Å². The van der Waals surface area contributed by atoms with Crippen LogP contribution in [0.2, 0.25) is 0 Å². The SMILES string of the molecule is C.C.C=CC1=C(/C=C\C)C(c2ccccc2)(c2ccccc2)c2ccccc21. The first-order chi connectivity index (χ1) is 12.8. The zero-order valence-corrected chi connectivity index (χ0v) is 15.0. The first-order valence-corrected chi connectivity index (χ1v) is 9.04. The summed E-state index contributed by atoms with van der Waals surface area (Å²) in [5, 5.41) is 0. The lowest BCUT2D eigenvalue weighted by Crippen LogP contribution is -2.29. The molecule has 0 nitrogen and oxygen atoms in total. The Labute approximate surface area is 170 Å². The molecule has 0 aromatic heterocycles. The Bertz CT molecular complexity index is 949. The van der Waals surface area contributed by atoms with E-state index in [-0.39, 0.29) is 20.3 Å². The third-order valence-electron chi connectivity index (χ3n) is 5.27. The van der Waals surface area contributed by atoms with E-state index < -0.39 is 0 Å². The molecule has 0 heteroatoms. The maximum absolute atomic E-state index is 4.14. The lowest BCUT2D eigenvalue weighted by atomic mass is 9.67. The molecular formula is C28H30. The lowest BCUT2D eigenvalue weighted by molar-refractivity contribution is 0.761. The largest absolute Gasteiger partial charge is 0.0984 e. The maximum Gasteiger partial charge on any atom is 0.0713 e. The first kappa shape index (κ1) is 21.2. The van der Waals surface area contributed by atoms with Gasteiger partial charge < -0.3 is 0 Å². The smallest absolute Gasteiger partial charge is 0.0713 e. The van der Waals surface area contributed by atoms with Gasteiger partial charge in [0.1, 0.15) is 0 Å². The van der Waals surface area contributed by atoms with Crippen molar-refractivity contribution < 1.29 is 0 Å². The van der Waals surface area contributed by atoms with Crippen LogP contribution in [-0.2, 0) is 5.41 Å². The van der Waals surface area contributed by atoms with E-state index in [2.05, 4.69) is 111 Å². The van der Waals surface area contributed by atoms with Crippen molar-refractivity contribution in [2.24, 2.45) is 0 Å². The summed E-state index contributed by atoms with van der Waals surface area (Å²) in [6.07, 6.45) is 6.38. The Balaban J connectivity index is 0.00000140. The van der Waals surface area contributed by atoms with Gasteiger partial charge in [0.25, 0.3) is 0 Å². The summed E-state index contributed by atoms with van der Waals surface area (Å²) >= 11 is 0. The Kier molecular flexibility index (Phi) is 6.59. The summed E-state index contributed by atoms with van der Waals surface area (Å²) in [5.41, 5.74) is 7.32. The van der Waals surface area contributed by atoms with E-state index >= 15 is 0 Å². The van der Waals surface area contributed by atoms with Crippen LogP contribution in [0.4, 0.5) is 0 Å². The fourth-order valence-electron chi connectivity index (χ4n) is 4.30. The molecule has 0 atom stereocenters. The van der Waals surface area contributed by atoms with Gasteiger partial charge in [-0.05, 0) is 40.3 Å². The number of hydrogen-bond donors (Lipinski definition) is 0. The molecule has 0 bridgehead atoms. The van der Waals surface area contributed by atoms with Crippen molar-refractivity contribution in [3.05, 3.63) is 138 Å². The molecule has 0 unspecified atom stereocenters. The normalized spacial score (nSPS) is 14.2. The zero-order chi connectivity index (χ0) is 18.0. The highest BCUT2D eigenvalue weighted by Crippen LogP contribution is 2.54.